The van der Waals surface area contributed by atoms with E-state index >= 15 is 0 Å². The van der Waals surface area contributed by atoms with Gasteiger partial charge in [-0.2, -0.15) is 5.10 Å². The molecule has 15 heavy (non-hydrogen) atoms. The van der Waals surface area contributed by atoms with Gasteiger partial charge >= 0.3 is 0 Å². The molecule has 1 rings (SSSR count). The Kier molecular flexibility index (Phi) is 4.30. The van der Waals surface area contributed by atoms with Crippen molar-refractivity contribution in [2.45, 2.75) is 32.4 Å². The zero-order chi connectivity index (χ0) is 11.3. The molecule has 0 saturated heterocycles. The van der Waals surface area contributed by atoms with Gasteiger partial charge in [-0.15, -0.1) is 0 Å². The number of hydrogen-bond donors (Lipinski definition) is 2. The highest BCUT2D eigenvalue weighted by atomic mass is 16.2. The monoisotopic (exact) mass is 210 g/mol. The smallest absolute Gasteiger partial charge is 0.237 e. The molecule has 0 spiro atoms. The minimum atomic E-state index is -0.404. The molecule has 0 aliphatic rings. The van der Waals surface area contributed by atoms with Crippen LogP contribution in [0.5, 0.6) is 0 Å². The lowest BCUT2D eigenvalue weighted by molar-refractivity contribution is -0.122. The fourth-order valence-electron chi connectivity index (χ4n) is 1.31. The number of carbonyl (C=O) groups excluding carboxylic acids is 1. The summed E-state index contributed by atoms with van der Waals surface area (Å²) in [7, 11) is 1.84. The van der Waals surface area contributed by atoms with Crippen LogP contribution in [0.4, 0.5) is 0 Å². The van der Waals surface area contributed by atoms with Crippen LogP contribution in [0.2, 0.25) is 0 Å². The predicted molar refractivity (Wildman–Crippen MR) is 57.9 cm³/mol. The summed E-state index contributed by atoms with van der Waals surface area (Å²) in [5.74, 6) is -0.109. The molecule has 1 amide bonds. The number of nitrogens with zero attached hydrogens (tertiary/aromatic N) is 2. The van der Waals surface area contributed by atoms with Gasteiger partial charge in [0.05, 0.1) is 18.3 Å². The van der Waals surface area contributed by atoms with Gasteiger partial charge in [0.2, 0.25) is 5.91 Å². The Morgan fingerprint density at radius 2 is 2.47 bits per heavy atom. The molecule has 0 aromatic carbocycles. The van der Waals surface area contributed by atoms with Crippen molar-refractivity contribution in [3.05, 3.63) is 18.0 Å². The maximum atomic E-state index is 11.4. The van der Waals surface area contributed by atoms with E-state index < -0.39 is 6.04 Å². The first-order valence-electron chi connectivity index (χ1n) is 5.15. The lowest BCUT2D eigenvalue weighted by Crippen LogP contribution is -2.40. The number of amides is 1. The Bertz CT molecular complexity index is 321. The molecule has 0 aliphatic heterocycles. The highest BCUT2D eigenvalue weighted by Crippen LogP contribution is 1.96. The molecule has 0 radical (unpaired) electrons. The van der Waals surface area contributed by atoms with Crippen LogP contribution in [0.25, 0.3) is 0 Å². The van der Waals surface area contributed by atoms with Gasteiger partial charge in [-0.05, 0) is 12.5 Å². The van der Waals surface area contributed by atoms with E-state index in [1.807, 2.05) is 26.2 Å². The van der Waals surface area contributed by atoms with Crippen LogP contribution >= 0.6 is 0 Å². The van der Waals surface area contributed by atoms with Crippen molar-refractivity contribution >= 4 is 5.91 Å². The number of rotatable bonds is 5. The predicted octanol–water partition coefficient (Wildman–Crippen LogP) is 0.164. The van der Waals surface area contributed by atoms with Gasteiger partial charge in [-0.3, -0.25) is 9.48 Å². The molecule has 1 aromatic rings. The third kappa shape index (κ3) is 3.71. The second kappa shape index (κ2) is 5.50. The van der Waals surface area contributed by atoms with Gasteiger partial charge in [0, 0.05) is 13.2 Å². The fourth-order valence-corrected chi connectivity index (χ4v) is 1.31. The molecule has 1 heterocycles. The van der Waals surface area contributed by atoms with E-state index in [1.54, 1.807) is 4.68 Å². The summed E-state index contributed by atoms with van der Waals surface area (Å²) < 4.78 is 1.70. The molecule has 5 nitrogen and oxygen atoms in total. The number of aromatic nitrogens is 2. The maximum Gasteiger partial charge on any atom is 0.237 e. The zero-order valence-corrected chi connectivity index (χ0v) is 9.23. The third-order valence-electron chi connectivity index (χ3n) is 2.15. The van der Waals surface area contributed by atoms with E-state index in [0.717, 1.165) is 12.1 Å². The minimum Gasteiger partial charge on any atom is -0.349 e. The fraction of sp³-hybridized carbons (Fsp3) is 0.600. The van der Waals surface area contributed by atoms with Crippen LogP contribution in [0, 0.1) is 0 Å². The lowest BCUT2D eigenvalue weighted by atomic mass is 10.2. The first kappa shape index (κ1) is 11.7. The quantitative estimate of drug-likeness (QED) is 0.727. The van der Waals surface area contributed by atoms with Crippen LogP contribution < -0.4 is 11.1 Å². The van der Waals surface area contributed by atoms with Crippen LogP contribution in [-0.2, 0) is 18.4 Å². The van der Waals surface area contributed by atoms with Crippen molar-refractivity contribution < 1.29 is 4.79 Å². The minimum absolute atomic E-state index is 0.109. The number of aryl methyl sites for hydroxylation is 1. The summed E-state index contributed by atoms with van der Waals surface area (Å²) in [6, 6.07) is 1.46. The summed E-state index contributed by atoms with van der Waals surface area (Å²) in [6.07, 6.45) is 3.47. The average molecular weight is 210 g/mol. The van der Waals surface area contributed by atoms with Crippen LogP contribution in [0.15, 0.2) is 12.3 Å². The Balaban J connectivity index is 2.34. The number of hydrogen-bond acceptors (Lipinski definition) is 3. The largest absolute Gasteiger partial charge is 0.349 e. The summed E-state index contributed by atoms with van der Waals surface area (Å²) in [5.41, 5.74) is 6.50. The highest BCUT2D eigenvalue weighted by molar-refractivity contribution is 5.81. The van der Waals surface area contributed by atoms with Crippen molar-refractivity contribution in [3.63, 3.8) is 0 Å². The average Bonchev–Trinajstić information content (AvgIpc) is 2.61. The molecule has 84 valence electrons. The SMILES string of the molecule is CCC[C@H](N)C(=O)NCc1ccn(C)n1. The van der Waals surface area contributed by atoms with E-state index in [4.69, 9.17) is 5.73 Å². The molecular weight excluding hydrogens is 192 g/mol. The standard InChI is InChI=1S/C10H18N4O/c1-3-4-9(11)10(15)12-7-8-5-6-14(2)13-8/h5-6,9H,3-4,7,11H2,1-2H3,(H,12,15)/t9-/m0/s1. The third-order valence-corrected chi connectivity index (χ3v) is 2.15. The van der Waals surface area contributed by atoms with Crippen molar-refractivity contribution in [1.29, 1.82) is 0 Å². The Hall–Kier alpha value is -1.36. The van der Waals surface area contributed by atoms with Gasteiger partial charge in [0.1, 0.15) is 0 Å². The normalized spacial score (nSPS) is 12.5. The molecule has 5 heteroatoms. The van der Waals surface area contributed by atoms with E-state index in [9.17, 15) is 4.79 Å². The topological polar surface area (TPSA) is 72.9 Å². The zero-order valence-electron chi connectivity index (χ0n) is 9.23. The van der Waals surface area contributed by atoms with Crippen LogP contribution in [0.1, 0.15) is 25.5 Å². The van der Waals surface area contributed by atoms with Gasteiger partial charge < -0.3 is 11.1 Å². The molecule has 0 saturated carbocycles. The molecule has 0 fully saturated rings. The maximum absolute atomic E-state index is 11.4. The Labute approximate surface area is 89.6 Å². The lowest BCUT2D eigenvalue weighted by Gasteiger charge is -2.09. The summed E-state index contributed by atoms with van der Waals surface area (Å²) in [4.78, 5) is 11.4. The molecule has 1 aromatic heterocycles. The number of carbonyl (C=O) groups is 1. The van der Waals surface area contributed by atoms with Gasteiger partial charge in [-0.1, -0.05) is 13.3 Å². The highest BCUT2D eigenvalue weighted by Gasteiger charge is 2.11. The van der Waals surface area contributed by atoms with Gasteiger partial charge in [0.25, 0.3) is 0 Å². The molecule has 0 aliphatic carbocycles. The first-order chi connectivity index (χ1) is 7.13. The van der Waals surface area contributed by atoms with E-state index in [1.165, 1.54) is 0 Å². The molecule has 0 unspecified atom stereocenters. The van der Waals surface area contributed by atoms with Gasteiger partial charge in [-0.25, -0.2) is 0 Å². The molecule has 0 bridgehead atoms. The van der Waals surface area contributed by atoms with E-state index in [0.29, 0.717) is 13.0 Å². The molecule has 1 atom stereocenters. The summed E-state index contributed by atoms with van der Waals surface area (Å²) in [5, 5.41) is 6.91. The second-order valence-corrected chi connectivity index (χ2v) is 3.59. The Morgan fingerprint density at radius 1 is 1.73 bits per heavy atom. The van der Waals surface area contributed by atoms with Crippen molar-refractivity contribution in [2.24, 2.45) is 12.8 Å². The van der Waals surface area contributed by atoms with Gasteiger partial charge in [0.15, 0.2) is 0 Å². The second-order valence-electron chi connectivity index (χ2n) is 3.59. The molecule has 3 N–H and O–H groups in total. The number of nitrogens with two attached hydrogens (primary N) is 1. The number of nitrogens with one attached hydrogen (secondary N) is 1. The van der Waals surface area contributed by atoms with Crippen molar-refractivity contribution in [2.75, 3.05) is 0 Å². The van der Waals surface area contributed by atoms with Crippen molar-refractivity contribution in [3.8, 4) is 0 Å². The molecular formula is C10H18N4O. The van der Waals surface area contributed by atoms with E-state index in [-0.39, 0.29) is 5.91 Å². The summed E-state index contributed by atoms with van der Waals surface area (Å²) >= 11 is 0. The van der Waals surface area contributed by atoms with Crippen LogP contribution in [0.3, 0.4) is 0 Å². The Morgan fingerprint density at radius 3 is 3.00 bits per heavy atom. The summed E-state index contributed by atoms with van der Waals surface area (Å²) in [6.45, 7) is 2.45. The van der Waals surface area contributed by atoms with Crippen LogP contribution in [-0.4, -0.2) is 21.7 Å². The van der Waals surface area contributed by atoms with E-state index in [2.05, 4.69) is 10.4 Å². The first-order valence-corrected chi connectivity index (χ1v) is 5.15. The van der Waals surface area contributed by atoms with Crippen molar-refractivity contribution in [1.82, 2.24) is 15.1 Å².